The van der Waals surface area contributed by atoms with Crippen molar-refractivity contribution in [3.05, 3.63) is 0 Å². The number of esters is 1. The standard InChI is InChI=1S/C18H29ClO7/c1-6-7-8-10(19)15(20)22-13-12(11-9-21-17(2,3)24-11)23-16-14(13)25-18(4,5)26-16/h10-14,16H,6-9H2,1-5H3/t10-,11+,12+,13-,14+,16+/m0/s1. The average Bonchev–Trinajstić information content (AvgIpc) is 3.15. The van der Waals surface area contributed by atoms with Crippen molar-refractivity contribution in [2.45, 2.75) is 102 Å². The summed E-state index contributed by atoms with van der Waals surface area (Å²) in [5.41, 5.74) is 0. The van der Waals surface area contributed by atoms with Crippen LogP contribution >= 0.6 is 11.6 Å². The van der Waals surface area contributed by atoms with Gasteiger partial charge in [0.2, 0.25) is 0 Å². The molecule has 3 saturated heterocycles. The molecule has 0 N–H and O–H groups in total. The van der Waals surface area contributed by atoms with E-state index in [0.29, 0.717) is 13.0 Å². The summed E-state index contributed by atoms with van der Waals surface area (Å²) in [4.78, 5) is 12.5. The van der Waals surface area contributed by atoms with Gasteiger partial charge in [-0.2, -0.15) is 0 Å². The first-order chi connectivity index (χ1) is 12.1. The van der Waals surface area contributed by atoms with Gasteiger partial charge in [0.15, 0.2) is 30.1 Å². The van der Waals surface area contributed by atoms with E-state index in [9.17, 15) is 4.79 Å². The molecule has 6 atom stereocenters. The predicted molar refractivity (Wildman–Crippen MR) is 92.6 cm³/mol. The Labute approximate surface area is 159 Å². The van der Waals surface area contributed by atoms with Crippen molar-refractivity contribution in [2.75, 3.05) is 6.61 Å². The Morgan fingerprint density at radius 2 is 1.88 bits per heavy atom. The minimum Gasteiger partial charge on any atom is -0.455 e. The van der Waals surface area contributed by atoms with E-state index in [4.69, 9.17) is 40.0 Å². The lowest BCUT2D eigenvalue weighted by atomic mass is 10.1. The molecule has 8 heteroatoms. The number of fused-ring (bicyclic) bond motifs is 1. The van der Waals surface area contributed by atoms with Crippen LogP contribution in [0, 0.1) is 0 Å². The highest BCUT2D eigenvalue weighted by atomic mass is 35.5. The number of carbonyl (C=O) groups is 1. The second-order valence-corrected chi connectivity index (χ2v) is 8.47. The molecule has 0 saturated carbocycles. The van der Waals surface area contributed by atoms with E-state index < -0.39 is 47.5 Å². The van der Waals surface area contributed by atoms with Crippen molar-refractivity contribution in [1.82, 2.24) is 0 Å². The second-order valence-electron chi connectivity index (χ2n) is 7.95. The summed E-state index contributed by atoms with van der Waals surface area (Å²) in [5, 5.41) is -0.692. The van der Waals surface area contributed by atoms with Crippen LogP contribution in [0.15, 0.2) is 0 Å². The molecule has 3 heterocycles. The van der Waals surface area contributed by atoms with Crippen LogP contribution in [-0.2, 0) is 33.2 Å². The molecule has 7 nitrogen and oxygen atoms in total. The summed E-state index contributed by atoms with van der Waals surface area (Å²) in [6.07, 6.45) is -0.341. The first-order valence-electron chi connectivity index (χ1n) is 9.29. The lowest BCUT2D eigenvalue weighted by molar-refractivity contribution is -0.235. The van der Waals surface area contributed by atoms with Crippen molar-refractivity contribution in [3.8, 4) is 0 Å². The molecule has 0 unspecified atom stereocenters. The van der Waals surface area contributed by atoms with Crippen molar-refractivity contribution in [1.29, 1.82) is 0 Å². The third-order valence-electron chi connectivity index (χ3n) is 4.74. The zero-order chi connectivity index (χ0) is 19.1. The Balaban J connectivity index is 1.71. The molecule has 3 aliphatic heterocycles. The SMILES string of the molecule is CCCC[C@H](Cl)C(=O)O[C@@H]1[C@H]2OC(C)(C)O[C@H]2O[C@@H]1[C@H]1COC(C)(C)O1. The number of carbonyl (C=O) groups excluding carboxylic acids is 1. The maximum absolute atomic E-state index is 12.5. The quantitative estimate of drug-likeness (QED) is 0.508. The lowest BCUT2D eigenvalue weighted by Gasteiger charge is -2.29. The van der Waals surface area contributed by atoms with Crippen LogP contribution < -0.4 is 0 Å². The maximum atomic E-state index is 12.5. The molecule has 0 aromatic carbocycles. The summed E-state index contributed by atoms with van der Waals surface area (Å²) < 4.78 is 35.0. The van der Waals surface area contributed by atoms with Crippen LogP contribution in [0.3, 0.4) is 0 Å². The zero-order valence-corrected chi connectivity index (χ0v) is 16.8. The fraction of sp³-hybridized carbons (Fsp3) is 0.944. The average molecular weight is 393 g/mol. The number of halogens is 1. The van der Waals surface area contributed by atoms with Crippen molar-refractivity contribution >= 4 is 17.6 Å². The third kappa shape index (κ3) is 4.34. The Kier molecular flexibility index (Phi) is 5.88. The fourth-order valence-electron chi connectivity index (χ4n) is 3.52. The van der Waals surface area contributed by atoms with E-state index in [1.165, 1.54) is 0 Å². The third-order valence-corrected chi connectivity index (χ3v) is 5.14. The van der Waals surface area contributed by atoms with Crippen molar-refractivity contribution in [2.24, 2.45) is 0 Å². The maximum Gasteiger partial charge on any atom is 0.324 e. The summed E-state index contributed by atoms with van der Waals surface area (Å²) in [6, 6.07) is 0. The fourth-order valence-corrected chi connectivity index (χ4v) is 3.73. The molecular weight excluding hydrogens is 364 g/mol. The summed E-state index contributed by atoms with van der Waals surface area (Å²) in [7, 11) is 0. The van der Waals surface area contributed by atoms with Crippen LogP contribution in [-0.4, -0.2) is 60.2 Å². The van der Waals surface area contributed by atoms with Gasteiger partial charge in [0.1, 0.15) is 17.6 Å². The summed E-state index contributed by atoms with van der Waals surface area (Å²) in [6.45, 7) is 9.65. The molecule has 0 aliphatic carbocycles. The molecule has 150 valence electrons. The second kappa shape index (κ2) is 7.53. The highest BCUT2D eigenvalue weighted by Crippen LogP contribution is 2.42. The number of unbranched alkanes of at least 4 members (excludes halogenated alkanes) is 1. The van der Waals surface area contributed by atoms with E-state index in [-0.39, 0.29) is 6.10 Å². The van der Waals surface area contributed by atoms with E-state index in [1.807, 2.05) is 20.8 Å². The first kappa shape index (κ1) is 20.3. The molecule has 0 amide bonds. The number of hydrogen-bond donors (Lipinski definition) is 0. The zero-order valence-electron chi connectivity index (χ0n) is 16.0. The molecule has 3 rings (SSSR count). The highest BCUT2D eigenvalue weighted by Gasteiger charge is 2.60. The molecule has 3 fully saturated rings. The molecule has 0 aromatic heterocycles. The summed E-state index contributed by atoms with van der Waals surface area (Å²) in [5.74, 6) is -1.98. The van der Waals surface area contributed by atoms with Gasteiger partial charge < -0.3 is 28.4 Å². The van der Waals surface area contributed by atoms with E-state index in [0.717, 1.165) is 12.8 Å². The van der Waals surface area contributed by atoms with Gasteiger partial charge in [-0.1, -0.05) is 19.8 Å². The number of rotatable bonds is 6. The van der Waals surface area contributed by atoms with E-state index in [2.05, 4.69) is 0 Å². The van der Waals surface area contributed by atoms with Crippen LogP contribution in [0.4, 0.5) is 0 Å². The van der Waals surface area contributed by atoms with Gasteiger partial charge in [-0.15, -0.1) is 11.6 Å². The number of hydrogen-bond acceptors (Lipinski definition) is 7. The molecule has 0 radical (unpaired) electrons. The van der Waals surface area contributed by atoms with Crippen LogP contribution in [0.2, 0.25) is 0 Å². The largest absolute Gasteiger partial charge is 0.455 e. The molecular formula is C18H29ClO7. The van der Waals surface area contributed by atoms with Gasteiger partial charge in [0.25, 0.3) is 0 Å². The molecule has 0 spiro atoms. The van der Waals surface area contributed by atoms with Crippen LogP contribution in [0.5, 0.6) is 0 Å². The minimum absolute atomic E-state index is 0.342. The molecule has 0 bridgehead atoms. The van der Waals surface area contributed by atoms with E-state index in [1.54, 1.807) is 13.8 Å². The minimum atomic E-state index is -0.806. The van der Waals surface area contributed by atoms with Gasteiger partial charge >= 0.3 is 5.97 Å². The monoisotopic (exact) mass is 392 g/mol. The van der Waals surface area contributed by atoms with Gasteiger partial charge in [-0.05, 0) is 34.1 Å². The van der Waals surface area contributed by atoms with Crippen molar-refractivity contribution < 1.29 is 33.2 Å². The lowest BCUT2D eigenvalue weighted by Crippen LogP contribution is -2.46. The molecule has 0 aromatic rings. The molecule has 3 aliphatic rings. The summed E-state index contributed by atoms with van der Waals surface area (Å²) >= 11 is 6.20. The topological polar surface area (TPSA) is 72.5 Å². The Bertz CT molecular complexity index is 524. The molecule has 26 heavy (non-hydrogen) atoms. The van der Waals surface area contributed by atoms with Crippen molar-refractivity contribution in [3.63, 3.8) is 0 Å². The Morgan fingerprint density at radius 1 is 1.15 bits per heavy atom. The van der Waals surface area contributed by atoms with Gasteiger partial charge in [0.05, 0.1) is 6.61 Å². The smallest absolute Gasteiger partial charge is 0.324 e. The normalized spacial score (nSPS) is 38.9. The highest BCUT2D eigenvalue weighted by molar-refractivity contribution is 6.29. The predicted octanol–water partition coefficient (Wildman–Crippen LogP) is 2.72. The van der Waals surface area contributed by atoms with Crippen LogP contribution in [0.25, 0.3) is 0 Å². The van der Waals surface area contributed by atoms with Gasteiger partial charge in [-0.25, -0.2) is 0 Å². The Hall–Kier alpha value is -0.440. The Morgan fingerprint density at radius 3 is 2.50 bits per heavy atom. The number of ether oxygens (including phenoxy) is 6. The number of alkyl halides is 1. The first-order valence-corrected chi connectivity index (χ1v) is 9.73. The van der Waals surface area contributed by atoms with E-state index >= 15 is 0 Å². The van der Waals surface area contributed by atoms with Gasteiger partial charge in [0, 0.05) is 0 Å². The van der Waals surface area contributed by atoms with Crippen LogP contribution in [0.1, 0.15) is 53.9 Å². The van der Waals surface area contributed by atoms with Gasteiger partial charge in [-0.3, -0.25) is 4.79 Å².